The Balaban J connectivity index is 1.91. The number of benzene rings is 1. The molecular formula is C26H36N6O8. The van der Waals surface area contributed by atoms with Crippen molar-refractivity contribution in [2.45, 2.75) is 6.92 Å². The Morgan fingerprint density at radius 2 is 1.50 bits per heavy atom. The fourth-order valence-electron chi connectivity index (χ4n) is 3.30. The number of hydrogen-bond acceptors (Lipinski definition) is 12. The van der Waals surface area contributed by atoms with Gasteiger partial charge in [0.15, 0.2) is 17.8 Å². The van der Waals surface area contributed by atoms with Crippen molar-refractivity contribution in [3.8, 4) is 11.5 Å². The van der Waals surface area contributed by atoms with Crippen molar-refractivity contribution in [3.05, 3.63) is 35.7 Å². The minimum Gasteiger partial charge on any atom is -0.487 e. The van der Waals surface area contributed by atoms with Gasteiger partial charge in [0.1, 0.15) is 18.9 Å². The molecule has 0 aliphatic carbocycles. The van der Waals surface area contributed by atoms with Crippen LogP contribution in [-0.4, -0.2) is 113 Å². The van der Waals surface area contributed by atoms with E-state index < -0.39 is 5.91 Å². The van der Waals surface area contributed by atoms with E-state index in [4.69, 9.17) is 34.2 Å². The first kappa shape index (κ1) is 30.7. The second-order valence-corrected chi connectivity index (χ2v) is 8.33. The molecule has 1 aromatic heterocycles. The third-order valence-corrected chi connectivity index (χ3v) is 5.54. The Hall–Kier alpha value is -3.85. The van der Waals surface area contributed by atoms with Crippen LogP contribution in [0.25, 0.3) is 0 Å². The highest BCUT2D eigenvalue weighted by molar-refractivity contribution is 6.06. The van der Waals surface area contributed by atoms with Crippen LogP contribution < -0.4 is 20.5 Å². The molecule has 3 N–H and O–H groups in total. The highest BCUT2D eigenvalue weighted by atomic mass is 16.6. The Morgan fingerprint density at radius 1 is 0.950 bits per heavy atom. The number of nitrogens with two attached hydrogens (primary N) is 1. The molecule has 0 unspecified atom stereocenters. The molecule has 0 saturated heterocycles. The molecule has 14 heteroatoms. The van der Waals surface area contributed by atoms with E-state index in [0.717, 1.165) is 0 Å². The van der Waals surface area contributed by atoms with Crippen molar-refractivity contribution in [3.63, 3.8) is 0 Å². The van der Waals surface area contributed by atoms with Gasteiger partial charge >= 0.3 is 0 Å². The van der Waals surface area contributed by atoms with Gasteiger partial charge in [-0.2, -0.15) is 0 Å². The smallest absolute Gasteiger partial charge is 0.261 e. The highest BCUT2D eigenvalue weighted by Crippen LogP contribution is 2.40. The maximum atomic E-state index is 12.9. The van der Waals surface area contributed by atoms with Crippen LogP contribution in [0, 0.1) is 0 Å². The number of aromatic nitrogens is 2. The molecule has 2 heterocycles. The van der Waals surface area contributed by atoms with Crippen molar-refractivity contribution in [2.75, 3.05) is 85.4 Å². The van der Waals surface area contributed by atoms with E-state index in [9.17, 15) is 9.59 Å². The Labute approximate surface area is 232 Å². The number of carbonyl (C=O) groups is 2. The van der Waals surface area contributed by atoms with Crippen LogP contribution in [0.3, 0.4) is 0 Å². The summed E-state index contributed by atoms with van der Waals surface area (Å²) in [6.07, 6.45) is 3.27. The first-order valence-corrected chi connectivity index (χ1v) is 12.9. The lowest BCUT2D eigenvalue weighted by Crippen LogP contribution is -2.42. The number of nitrogens with one attached hydrogen (secondary N) is 1. The molecule has 0 radical (unpaired) electrons. The molecule has 0 bridgehead atoms. The van der Waals surface area contributed by atoms with Crippen molar-refractivity contribution in [1.29, 1.82) is 0 Å². The van der Waals surface area contributed by atoms with Crippen LogP contribution in [-0.2, 0) is 18.9 Å². The second kappa shape index (κ2) is 17.0. The van der Waals surface area contributed by atoms with E-state index in [2.05, 4.69) is 20.3 Å². The standard InChI is InChI=1S/C26H36N6O8/c1-3-32(2)26(31-24(34)20-16-28-25(27)29-17-20)30-22-19(18-33)4-5-21-23(22)40-15-13-38-11-9-36-7-6-35-8-10-37-12-14-39-21/h4-5,16-18H,3,6-15H2,1-2H3,(H2,27,28,29)(H,30,31,34). The Kier molecular flexibility index (Phi) is 13.0. The molecule has 1 amide bonds. The van der Waals surface area contributed by atoms with E-state index in [-0.39, 0.29) is 54.3 Å². The normalized spacial score (nSPS) is 16.3. The van der Waals surface area contributed by atoms with E-state index in [1.54, 1.807) is 24.1 Å². The predicted molar refractivity (Wildman–Crippen MR) is 145 cm³/mol. The maximum absolute atomic E-state index is 12.9. The lowest BCUT2D eigenvalue weighted by atomic mass is 10.1. The summed E-state index contributed by atoms with van der Waals surface area (Å²) >= 11 is 0. The predicted octanol–water partition coefficient (Wildman–Crippen LogP) is 1.08. The first-order valence-electron chi connectivity index (χ1n) is 12.9. The molecular weight excluding hydrogens is 524 g/mol. The van der Waals surface area contributed by atoms with Gasteiger partial charge in [-0.25, -0.2) is 15.0 Å². The number of nitrogen functional groups attached to an aromatic ring is 1. The largest absolute Gasteiger partial charge is 0.487 e. The summed E-state index contributed by atoms with van der Waals surface area (Å²) in [6, 6.07) is 3.20. The molecule has 1 aliphatic rings. The summed E-state index contributed by atoms with van der Waals surface area (Å²) in [5.41, 5.74) is 6.13. The van der Waals surface area contributed by atoms with E-state index in [1.165, 1.54) is 12.4 Å². The monoisotopic (exact) mass is 560 g/mol. The van der Waals surface area contributed by atoms with Crippen LogP contribution in [0.4, 0.5) is 11.6 Å². The fourth-order valence-corrected chi connectivity index (χ4v) is 3.30. The van der Waals surface area contributed by atoms with E-state index in [1.807, 2.05) is 6.92 Å². The summed E-state index contributed by atoms with van der Waals surface area (Å²) < 4.78 is 34.1. The van der Waals surface area contributed by atoms with Gasteiger partial charge in [-0.15, -0.1) is 0 Å². The average Bonchev–Trinajstić information content (AvgIpc) is 2.96. The number of hydrogen-bond donors (Lipinski definition) is 2. The Bertz CT molecular complexity index is 1120. The van der Waals surface area contributed by atoms with Gasteiger partial charge in [-0.3, -0.25) is 14.9 Å². The highest BCUT2D eigenvalue weighted by Gasteiger charge is 2.20. The minimum absolute atomic E-state index is 0.0452. The number of ether oxygens (including phenoxy) is 6. The molecule has 2 aromatic rings. The molecule has 3 rings (SSSR count). The number of guanidine groups is 1. The molecule has 0 spiro atoms. The van der Waals surface area contributed by atoms with Gasteiger partial charge in [-0.1, -0.05) is 0 Å². The number of aldehydes is 1. The summed E-state index contributed by atoms with van der Waals surface area (Å²) in [7, 11) is 1.74. The van der Waals surface area contributed by atoms with Gasteiger partial charge in [0.05, 0.1) is 58.4 Å². The SMILES string of the molecule is CCN(C)/C(=N\c1c(C=O)ccc2c1OCCOCCOCCOCCOCCO2)NC(=O)c1cnc(N)nc1. The number of carbonyl (C=O) groups excluding carboxylic acids is 2. The van der Waals surface area contributed by atoms with Crippen LogP contribution in [0.1, 0.15) is 27.6 Å². The number of rotatable bonds is 4. The van der Waals surface area contributed by atoms with Gasteiger partial charge < -0.3 is 39.1 Å². The molecule has 0 saturated carbocycles. The lowest BCUT2D eigenvalue weighted by Gasteiger charge is -2.22. The molecule has 0 fully saturated rings. The zero-order chi connectivity index (χ0) is 28.6. The van der Waals surface area contributed by atoms with Gasteiger partial charge in [0.2, 0.25) is 11.9 Å². The zero-order valence-electron chi connectivity index (χ0n) is 22.8. The van der Waals surface area contributed by atoms with Gasteiger partial charge in [-0.05, 0) is 19.1 Å². The Morgan fingerprint density at radius 3 is 2.05 bits per heavy atom. The fraction of sp³-hybridized carbons (Fsp3) is 0.500. The number of fused-ring (bicyclic) bond motifs is 1. The van der Waals surface area contributed by atoms with Crippen molar-refractivity contribution in [2.24, 2.45) is 4.99 Å². The summed E-state index contributed by atoms with van der Waals surface area (Å²) in [5.74, 6) is 0.280. The molecule has 218 valence electrons. The zero-order valence-corrected chi connectivity index (χ0v) is 22.8. The topological polar surface area (TPSA) is 169 Å². The lowest BCUT2D eigenvalue weighted by molar-refractivity contribution is -0.00838. The third kappa shape index (κ3) is 9.72. The van der Waals surface area contributed by atoms with E-state index in [0.29, 0.717) is 64.8 Å². The van der Waals surface area contributed by atoms with Crippen LogP contribution in [0.15, 0.2) is 29.5 Å². The summed E-state index contributed by atoms with van der Waals surface area (Å²) in [5, 5.41) is 2.75. The van der Waals surface area contributed by atoms with Crippen LogP contribution in [0.2, 0.25) is 0 Å². The van der Waals surface area contributed by atoms with E-state index >= 15 is 0 Å². The van der Waals surface area contributed by atoms with Gasteiger partial charge in [0.25, 0.3) is 5.91 Å². The number of amides is 1. The second-order valence-electron chi connectivity index (χ2n) is 8.33. The number of nitrogens with zero attached hydrogens (tertiary/aromatic N) is 4. The van der Waals surface area contributed by atoms with Crippen LogP contribution in [0.5, 0.6) is 11.5 Å². The van der Waals surface area contributed by atoms with Crippen molar-refractivity contribution in [1.82, 2.24) is 20.2 Å². The average molecular weight is 561 g/mol. The van der Waals surface area contributed by atoms with Gasteiger partial charge in [0, 0.05) is 31.5 Å². The van der Waals surface area contributed by atoms with Crippen molar-refractivity contribution < 1.29 is 38.0 Å². The van der Waals surface area contributed by atoms with Crippen LogP contribution >= 0.6 is 0 Å². The number of aliphatic imine (C=N–C) groups is 1. The molecule has 40 heavy (non-hydrogen) atoms. The summed E-state index contributed by atoms with van der Waals surface area (Å²) in [6.45, 7) is 5.87. The molecule has 0 atom stereocenters. The summed E-state index contributed by atoms with van der Waals surface area (Å²) in [4.78, 5) is 39.0. The minimum atomic E-state index is -0.508. The first-order chi connectivity index (χ1) is 19.5. The molecule has 14 nitrogen and oxygen atoms in total. The van der Waals surface area contributed by atoms with Crippen molar-refractivity contribution >= 4 is 29.8 Å². The number of anilines is 1. The molecule has 1 aromatic carbocycles. The maximum Gasteiger partial charge on any atom is 0.261 e. The third-order valence-electron chi connectivity index (χ3n) is 5.54. The molecule has 1 aliphatic heterocycles. The quantitative estimate of drug-likeness (QED) is 0.310.